The first-order valence-electron chi connectivity index (χ1n) is 17.9. The van der Waals surface area contributed by atoms with Crippen molar-refractivity contribution < 1.29 is 4.42 Å². The Labute approximate surface area is 304 Å². The molecule has 11 rings (SSSR count). The highest BCUT2D eigenvalue weighted by Crippen LogP contribution is 2.46. The van der Waals surface area contributed by atoms with Gasteiger partial charge in [0.1, 0.15) is 11.2 Å². The molecule has 0 saturated carbocycles. The third-order valence-electron chi connectivity index (χ3n) is 10.5. The van der Waals surface area contributed by atoms with Crippen LogP contribution in [0.5, 0.6) is 0 Å². The van der Waals surface area contributed by atoms with Gasteiger partial charge in [-0.3, -0.25) is 0 Å². The molecule has 0 atom stereocenters. The van der Waals surface area contributed by atoms with Gasteiger partial charge in [-0.05, 0) is 73.1 Å². The van der Waals surface area contributed by atoms with Crippen LogP contribution in [0.1, 0.15) is 0 Å². The van der Waals surface area contributed by atoms with E-state index in [0.29, 0.717) is 17.5 Å². The molecule has 0 spiro atoms. The van der Waals surface area contributed by atoms with Crippen LogP contribution in [-0.4, -0.2) is 15.0 Å². The monoisotopic (exact) mass is 675 g/mol. The lowest BCUT2D eigenvalue weighted by atomic mass is 9.89. The number of furan rings is 1. The zero-order valence-electron chi connectivity index (χ0n) is 28.5. The van der Waals surface area contributed by atoms with Gasteiger partial charge in [0.2, 0.25) is 0 Å². The lowest BCUT2D eigenvalue weighted by molar-refractivity contribution is 0.673. The molecule has 4 nitrogen and oxygen atoms in total. The molecule has 0 radical (unpaired) electrons. The van der Waals surface area contributed by atoms with Gasteiger partial charge in [0.05, 0.1) is 0 Å². The lowest BCUT2D eigenvalue weighted by Gasteiger charge is -2.15. The van der Waals surface area contributed by atoms with Gasteiger partial charge in [-0.25, -0.2) is 15.0 Å². The van der Waals surface area contributed by atoms with Crippen LogP contribution in [0.25, 0.3) is 110 Å². The average Bonchev–Trinajstić information content (AvgIpc) is 3.60. The van der Waals surface area contributed by atoms with Crippen molar-refractivity contribution in [1.29, 1.82) is 0 Å². The molecule has 0 aliphatic carbocycles. The van der Waals surface area contributed by atoms with Crippen LogP contribution in [0.2, 0.25) is 0 Å². The molecule has 0 unspecified atom stereocenters. The van der Waals surface area contributed by atoms with Gasteiger partial charge in [-0.2, -0.15) is 0 Å². The summed E-state index contributed by atoms with van der Waals surface area (Å²) in [6.07, 6.45) is 0. The fourth-order valence-corrected chi connectivity index (χ4v) is 7.99. The van der Waals surface area contributed by atoms with Crippen LogP contribution in [0.3, 0.4) is 0 Å². The van der Waals surface area contributed by atoms with Gasteiger partial charge < -0.3 is 4.42 Å². The van der Waals surface area contributed by atoms with Crippen LogP contribution in [-0.2, 0) is 0 Å². The maximum absolute atomic E-state index is 6.93. The molecule has 0 aliphatic rings. The molecular formula is C49H29N3O. The number of aromatic nitrogens is 3. The standard InChI is InChI=1S/C49H29N3O/c1-3-14-31(15-4-1)47-50-48(32-16-5-2-6-17-32)52-49(51-47)40-26-25-39(37-21-11-12-22-38(37)40)41-28-35-24-23-30-13-9-10-20-36(30)44(35)46-45(41)42-27-33-18-7-8-19-34(33)29-43(42)53-46/h1-29H. The van der Waals surface area contributed by atoms with E-state index in [-0.39, 0.29) is 0 Å². The van der Waals surface area contributed by atoms with Crippen molar-refractivity contribution in [1.82, 2.24) is 15.0 Å². The summed E-state index contributed by atoms with van der Waals surface area (Å²) in [5.41, 5.74) is 6.89. The van der Waals surface area contributed by atoms with Crippen molar-refractivity contribution in [2.24, 2.45) is 0 Å². The van der Waals surface area contributed by atoms with Gasteiger partial charge in [0, 0.05) is 32.8 Å². The molecule has 0 saturated heterocycles. The largest absolute Gasteiger partial charge is 0.455 e. The van der Waals surface area contributed by atoms with E-state index in [2.05, 4.69) is 115 Å². The predicted octanol–water partition coefficient (Wildman–Crippen LogP) is 13.1. The van der Waals surface area contributed by atoms with Crippen molar-refractivity contribution in [2.45, 2.75) is 0 Å². The molecule has 0 amide bonds. The highest BCUT2D eigenvalue weighted by Gasteiger charge is 2.21. The summed E-state index contributed by atoms with van der Waals surface area (Å²) in [5.74, 6) is 1.92. The molecule has 53 heavy (non-hydrogen) atoms. The lowest BCUT2D eigenvalue weighted by Crippen LogP contribution is -2.00. The number of nitrogens with zero attached hydrogens (tertiary/aromatic N) is 3. The Morgan fingerprint density at radius 2 is 0.849 bits per heavy atom. The molecular weight excluding hydrogens is 647 g/mol. The van der Waals surface area contributed by atoms with E-state index in [9.17, 15) is 0 Å². The van der Waals surface area contributed by atoms with E-state index in [0.717, 1.165) is 76.7 Å². The maximum atomic E-state index is 6.93. The number of rotatable bonds is 4. The van der Waals surface area contributed by atoms with Crippen molar-refractivity contribution in [3.63, 3.8) is 0 Å². The summed E-state index contributed by atoms with van der Waals surface area (Å²) in [6, 6.07) is 61.6. The summed E-state index contributed by atoms with van der Waals surface area (Å²) in [5, 5.41) is 11.4. The van der Waals surface area contributed by atoms with Gasteiger partial charge in [0.15, 0.2) is 17.5 Å². The fraction of sp³-hybridized carbons (Fsp3) is 0. The highest BCUT2D eigenvalue weighted by molar-refractivity contribution is 6.29. The average molecular weight is 676 g/mol. The molecule has 2 aromatic heterocycles. The first kappa shape index (κ1) is 29.5. The second-order valence-corrected chi connectivity index (χ2v) is 13.6. The first-order chi connectivity index (χ1) is 26.3. The zero-order valence-corrected chi connectivity index (χ0v) is 28.5. The summed E-state index contributed by atoms with van der Waals surface area (Å²) in [4.78, 5) is 15.1. The molecule has 0 fully saturated rings. The Hall–Kier alpha value is -7.17. The molecule has 0 N–H and O–H groups in total. The van der Waals surface area contributed by atoms with Crippen LogP contribution in [0, 0.1) is 0 Å². The van der Waals surface area contributed by atoms with E-state index >= 15 is 0 Å². The minimum absolute atomic E-state index is 0.635. The third kappa shape index (κ3) is 4.73. The van der Waals surface area contributed by atoms with Crippen molar-refractivity contribution >= 4 is 65.0 Å². The van der Waals surface area contributed by atoms with E-state index in [1.54, 1.807) is 0 Å². The summed E-state index contributed by atoms with van der Waals surface area (Å²) in [7, 11) is 0. The highest BCUT2D eigenvalue weighted by atomic mass is 16.3. The quantitative estimate of drug-likeness (QED) is 0.174. The summed E-state index contributed by atoms with van der Waals surface area (Å²) >= 11 is 0. The topological polar surface area (TPSA) is 51.8 Å². The fourth-order valence-electron chi connectivity index (χ4n) is 7.99. The van der Waals surface area contributed by atoms with E-state index < -0.39 is 0 Å². The number of fused-ring (bicyclic) bond motifs is 9. The molecule has 9 aromatic carbocycles. The number of benzene rings is 9. The van der Waals surface area contributed by atoms with Crippen molar-refractivity contribution in [3.05, 3.63) is 176 Å². The molecule has 4 heteroatoms. The second-order valence-electron chi connectivity index (χ2n) is 13.6. The SMILES string of the molecule is c1ccc(-c2nc(-c3ccccc3)nc(-c3ccc(-c4cc5ccc6ccccc6c5c5oc6cc7ccccc7cc6c45)c4ccccc34)n2)cc1. The number of hydrogen-bond donors (Lipinski definition) is 0. The molecule has 2 heterocycles. The van der Waals surface area contributed by atoms with Crippen LogP contribution >= 0.6 is 0 Å². The first-order valence-corrected chi connectivity index (χ1v) is 17.9. The molecule has 0 aliphatic heterocycles. The summed E-state index contributed by atoms with van der Waals surface area (Å²) < 4.78 is 6.93. The van der Waals surface area contributed by atoms with E-state index in [1.165, 1.54) is 16.2 Å². The summed E-state index contributed by atoms with van der Waals surface area (Å²) in [6.45, 7) is 0. The van der Waals surface area contributed by atoms with E-state index in [1.807, 2.05) is 60.7 Å². The predicted molar refractivity (Wildman–Crippen MR) is 219 cm³/mol. The minimum atomic E-state index is 0.635. The van der Waals surface area contributed by atoms with Crippen LogP contribution in [0.15, 0.2) is 180 Å². The zero-order chi connectivity index (χ0) is 34.9. The molecule has 11 aromatic rings. The Balaban J connectivity index is 1.21. The Morgan fingerprint density at radius 1 is 0.321 bits per heavy atom. The maximum Gasteiger partial charge on any atom is 0.164 e. The molecule has 246 valence electrons. The Bertz CT molecular complexity index is 3160. The van der Waals surface area contributed by atoms with Crippen molar-refractivity contribution in [3.8, 4) is 45.3 Å². The third-order valence-corrected chi connectivity index (χ3v) is 10.5. The van der Waals surface area contributed by atoms with Crippen molar-refractivity contribution in [2.75, 3.05) is 0 Å². The minimum Gasteiger partial charge on any atom is -0.455 e. The smallest absolute Gasteiger partial charge is 0.164 e. The van der Waals surface area contributed by atoms with Crippen LogP contribution in [0.4, 0.5) is 0 Å². The second kappa shape index (κ2) is 11.7. The molecule has 0 bridgehead atoms. The Morgan fingerprint density at radius 3 is 1.55 bits per heavy atom. The van der Waals surface area contributed by atoms with Gasteiger partial charge >= 0.3 is 0 Å². The van der Waals surface area contributed by atoms with Gasteiger partial charge in [-0.15, -0.1) is 0 Å². The van der Waals surface area contributed by atoms with E-state index in [4.69, 9.17) is 19.4 Å². The Kier molecular flexibility index (Phi) is 6.52. The number of hydrogen-bond acceptors (Lipinski definition) is 4. The van der Waals surface area contributed by atoms with Crippen LogP contribution < -0.4 is 0 Å². The van der Waals surface area contributed by atoms with Gasteiger partial charge in [0.25, 0.3) is 0 Å². The normalized spacial score (nSPS) is 11.8. The van der Waals surface area contributed by atoms with Gasteiger partial charge in [-0.1, -0.05) is 152 Å².